The molecule has 0 aromatic carbocycles. The van der Waals surface area contributed by atoms with Gasteiger partial charge in [0.15, 0.2) is 0 Å². The number of likely N-dealkylation sites (N-methyl/N-ethyl adjacent to an activating group) is 1. The minimum Gasteiger partial charge on any atom is -0.311 e. The molecule has 1 N–H and O–H groups in total. The second-order valence-corrected chi connectivity index (χ2v) is 5.26. The van der Waals surface area contributed by atoms with Crippen LogP contribution in [0.25, 0.3) is 0 Å². The Morgan fingerprint density at radius 1 is 1.37 bits per heavy atom. The van der Waals surface area contributed by atoms with E-state index in [1.54, 1.807) is 0 Å². The zero-order valence-electron chi connectivity index (χ0n) is 12.5. The average molecular weight is 261 g/mol. The van der Waals surface area contributed by atoms with Gasteiger partial charge in [-0.3, -0.25) is 9.88 Å². The van der Waals surface area contributed by atoms with Gasteiger partial charge >= 0.3 is 0 Å². The third-order valence-electron chi connectivity index (χ3n) is 2.94. The number of nitrogens with one attached hydrogen (secondary N) is 1. The van der Waals surface area contributed by atoms with Crippen molar-refractivity contribution in [2.45, 2.75) is 33.9 Å². The van der Waals surface area contributed by atoms with E-state index in [1.807, 2.05) is 6.08 Å². The fourth-order valence-corrected chi connectivity index (χ4v) is 1.92. The summed E-state index contributed by atoms with van der Waals surface area (Å²) in [6.45, 7) is 15.1. The van der Waals surface area contributed by atoms with Gasteiger partial charge in [-0.05, 0) is 31.1 Å². The first-order valence-electron chi connectivity index (χ1n) is 7.14. The summed E-state index contributed by atoms with van der Waals surface area (Å²) in [6.07, 6.45) is 1.94. The molecular formula is C16H27N3. The Bertz CT molecular complexity index is 374. The zero-order chi connectivity index (χ0) is 14.1. The number of pyridine rings is 1. The lowest BCUT2D eigenvalue weighted by Gasteiger charge is -2.18. The van der Waals surface area contributed by atoms with Crippen LogP contribution in [0, 0.1) is 5.92 Å². The van der Waals surface area contributed by atoms with Crippen LogP contribution < -0.4 is 5.32 Å². The molecule has 1 rings (SSSR count). The van der Waals surface area contributed by atoms with Gasteiger partial charge in [0.1, 0.15) is 0 Å². The van der Waals surface area contributed by atoms with Crippen LogP contribution in [0.3, 0.4) is 0 Å². The predicted molar refractivity (Wildman–Crippen MR) is 81.9 cm³/mol. The lowest BCUT2D eigenvalue weighted by Crippen LogP contribution is -2.24. The molecule has 0 saturated carbocycles. The fraction of sp³-hybridized carbons (Fsp3) is 0.562. The van der Waals surface area contributed by atoms with Crippen LogP contribution in [-0.4, -0.2) is 29.5 Å². The van der Waals surface area contributed by atoms with E-state index in [1.165, 1.54) is 0 Å². The summed E-state index contributed by atoms with van der Waals surface area (Å²) in [4.78, 5) is 7.02. The van der Waals surface area contributed by atoms with Crippen LogP contribution in [0.2, 0.25) is 0 Å². The highest BCUT2D eigenvalue weighted by Crippen LogP contribution is 2.04. The van der Waals surface area contributed by atoms with Crippen molar-refractivity contribution >= 4 is 0 Å². The fourth-order valence-electron chi connectivity index (χ4n) is 1.92. The van der Waals surface area contributed by atoms with Crippen LogP contribution in [0.15, 0.2) is 30.9 Å². The molecule has 0 spiro atoms. The van der Waals surface area contributed by atoms with E-state index >= 15 is 0 Å². The highest BCUT2D eigenvalue weighted by atomic mass is 15.1. The average Bonchev–Trinajstić information content (AvgIpc) is 2.38. The highest BCUT2D eigenvalue weighted by molar-refractivity contribution is 5.11. The normalized spacial score (nSPS) is 11.2. The standard InChI is InChI=1S/C16H27N3/c1-5-10-19(6-2)13-16-9-7-8-15(18-16)12-17-11-14(3)4/h5,7-9,14,17H,1,6,10-13H2,2-4H3. The van der Waals surface area contributed by atoms with Crippen LogP contribution in [0.4, 0.5) is 0 Å². The molecule has 0 amide bonds. The topological polar surface area (TPSA) is 28.2 Å². The van der Waals surface area contributed by atoms with Gasteiger partial charge in [-0.1, -0.05) is 32.9 Å². The van der Waals surface area contributed by atoms with E-state index in [0.29, 0.717) is 5.92 Å². The number of hydrogen-bond acceptors (Lipinski definition) is 3. The number of aromatic nitrogens is 1. The molecule has 0 saturated heterocycles. The molecule has 19 heavy (non-hydrogen) atoms. The first kappa shape index (κ1) is 15.9. The molecule has 0 atom stereocenters. The van der Waals surface area contributed by atoms with E-state index < -0.39 is 0 Å². The van der Waals surface area contributed by atoms with Gasteiger partial charge in [0, 0.05) is 19.6 Å². The Morgan fingerprint density at radius 2 is 2.11 bits per heavy atom. The molecule has 0 aliphatic rings. The largest absolute Gasteiger partial charge is 0.311 e. The second-order valence-electron chi connectivity index (χ2n) is 5.26. The summed E-state index contributed by atoms with van der Waals surface area (Å²) in [5.41, 5.74) is 2.25. The Morgan fingerprint density at radius 3 is 2.74 bits per heavy atom. The molecule has 0 aliphatic heterocycles. The van der Waals surface area contributed by atoms with E-state index in [2.05, 4.69) is 55.8 Å². The van der Waals surface area contributed by atoms with E-state index in [4.69, 9.17) is 4.98 Å². The third-order valence-corrected chi connectivity index (χ3v) is 2.94. The summed E-state index contributed by atoms with van der Waals surface area (Å²) in [6, 6.07) is 6.27. The molecule has 0 unspecified atom stereocenters. The zero-order valence-corrected chi connectivity index (χ0v) is 12.5. The molecule has 1 aromatic rings. The molecule has 1 aromatic heterocycles. The Hall–Kier alpha value is -1.19. The van der Waals surface area contributed by atoms with Crippen molar-refractivity contribution in [2.24, 2.45) is 5.92 Å². The highest BCUT2D eigenvalue weighted by Gasteiger charge is 2.04. The minimum atomic E-state index is 0.673. The summed E-state index contributed by atoms with van der Waals surface area (Å²) in [7, 11) is 0. The van der Waals surface area contributed by atoms with Gasteiger partial charge in [0.2, 0.25) is 0 Å². The summed E-state index contributed by atoms with van der Waals surface area (Å²) >= 11 is 0. The smallest absolute Gasteiger partial charge is 0.0547 e. The minimum absolute atomic E-state index is 0.673. The SMILES string of the molecule is C=CCN(CC)Cc1cccc(CNCC(C)C)n1. The molecular weight excluding hydrogens is 234 g/mol. The quantitative estimate of drug-likeness (QED) is 0.693. The van der Waals surface area contributed by atoms with Crippen LogP contribution >= 0.6 is 0 Å². The van der Waals surface area contributed by atoms with Crippen LogP contribution in [-0.2, 0) is 13.1 Å². The first-order valence-corrected chi connectivity index (χ1v) is 7.14. The van der Waals surface area contributed by atoms with Crippen molar-refractivity contribution < 1.29 is 0 Å². The molecule has 106 valence electrons. The van der Waals surface area contributed by atoms with Gasteiger partial charge in [-0.15, -0.1) is 6.58 Å². The van der Waals surface area contributed by atoms with Gasteiger partial charge < -0.3 is 5.32 Å². The first-order chi connectivity index (χ1) is 9.15. The maximum absolute atomic E-state index is 4.70. The molecule has 0 bridgehead atoms. The second kappa shape index (κ2) is 8.83. The van der Waals surface area contributed by atoms with Crippen molar-refractivity contribution in [3.8, 4) is 0 Å². The van der Waals surface area contributed by atoms with E-state index in [0.717, 1.165) is 44.1 Å². The molecule has 3 nitrogen and oxygen atoms in total. The lowest BCUT2D eigenvalue weighted by atomic mass is 10.2. The molecule has 0 radical (unpaired) electrons. The monoisotopic (exact) mass is 261 g/mol. The Balaban J connectivity index is 2.53. The van der Waals surface area contributed by atoms with Gasteiger partial charge in [-0.2, -0.15) is 0 Å². The predicted octanol–water partition coefficient (Wildman–Crippen LogP) is 2.84. The van der Waals surface area contributed by atoms with Gasteiger partial charge in [0.25, 0.3) is 0 Å². The van der Waals surface area contributed by atoms with Crippen LogP contribution in [0.5, 0.6) is 0 Å². The molecule has 1 heterocycles. The lowest BCUT2D eigenvalue weighted by molar-refractivity contribution is 0.307. The molecule has 3 heteroatoms. The summed E-state index contributed by atoms with van der Waals surface area (Å²) in [5, 5.41) is 3.43. The third kappa shape index (κ3) is 6.50. The van der Waals surface area contributed by atoms with E-state index in [9.17, 15) is 0 Å². The molecule has 0 aliphatic carbocycles. The number of nitrogens with zero attached hydrogens (tertiary/aromatic N) is 2. The molecule has 0 fully saturated rings. The Labute approximate surface area is 117 Å². The summed E-state index contributed by atoms with van der Waals surface area (Å²) < 4.78 is 0. The van der Waals surface area contributed by atoms with Crippen molar-refractivity contribution in [1.29, 1.82) is 0 Å². The number of rotatable bonds is 9. The number of hydrogen-bond donors (Lipinski definition) is 1. The Kier molecular flexibility index (Phi) is 7.38. The van der Waals surface area contributed by atoms with Crippen molar-refractivity contribution in [3.05, 3.63) is 42.2 Å². The maximum Gasteiger partial charge on any atom is 0.0547 e. The summed E-state index contributed by atoms with van der Waals surface area (Å²) in [5.74, 6) is 0.673. The van der Waals surface area contributed by atoms with Crippen molar-refractivity contribution in [2.75, 3.05) is 19.6 Å². The van der Waals surface area contributed by atoms with Crippen molar-refractivity contribution in [1.82, 2.24) is 15.2 Å². The van der Waals surface area contributed by atoms with Gasteiger partial charge in [0.05, 0.1) is 11.4 Å². The maximum atomic E-state index is 4.70. The van der Waals surface area contributed by atoms with Gasteiger partial charge in [-0.25, -0.2) is 0 Å². The van der Waals surface area contributed by atoms with Crippen molar-refractivity contribution in [3.63, 3.8) is 0 Å². The van der Waals surface area contributed by atoms with Crippen LogP contribution in [0.1, 0.15) is 32.2 Å². The van der Waals surface area contributed by atoms with E-state index in [-0.39, 0.29) is 0 Å².